The van der Waals surface area contributed by atoms with Gasteiger partial charge in [-0.25, -0.2) is 12.7 Å². The first-order chi connectivity index (χ1) is 9.82. The number of hydrogen-bond acceptors (Lipinski definition) is 3. The Bertz CT molecular complexity index is 432. The number of halogens is 1. The van der Waals surface area contributed by atoms with Crippen LogP contribution in [-0.2, 0) is 10.0 Å². The maximum atomic E-state index is 11.5. The Kier molecular flexibility index (Phi) is 10.6. The molecule has 6 nitrogen and oxygen atoms in total. The molecular formula is C14H31IN4O2S. The monoisotopic (exact) mass is 446 g/mol. The predicted octanol–water partition coefficient (Wildman–Crippen LogP) is 1.49. The molecule has 1 heterocycles. The number of rotatable bonds is 6. The summed E-state index contributed by atoms with van der Waals surface area (Å²) < 4.78 is 24.5. The fraction of sp³-hybridized carbons (Fsp3) is 0.929. The summed E-state index contributed by atoms with van der Waals surface area (Å²) in [5.74, 6) is 2.02. The van der Waals surface area contributed by atoms with Crippen LogP contribution in [0.1, 0.15) is 33.1 Å². The van der Waals surface area contributed by atoms with Gasteiger partial charge in [-0.05, 0) is 31.1 Å². The topological polar surface area (TPSA) is 73.8 Å². The first-order valence-corrected chi connectivity index (χ1v) is 9.57. The number of nitrogens with zero attached hydrogens (tertiary/aromatic N) is 2. The third-order valence-electron chi connectivity index (χ3n) is 3.84. The van der Waals surface area contributed by atoms with Gasteiger partial charge in [-0.1, -0.05) is 13.8 Å². The van der Waals surface area contributed by atoms with E-state index >= 15 is 0 Å². The highest BCUT2D eigenvalue weighted by Gasteiger charge is 2.24. The van der Waals surface area contributed by atoms with Crippen molar-refractivity contribution in [3.63, 3.8) is 0 Å². The van der Waals surface area contributed by atoms with E-state index in [1.807, 2.05) is 0 Å². The number of guanidine groups is 1. The van der Waals surface area contributed by atoms with Crippen LogP contribution >= 0.6 is 24.0 Å². The molecule has 8 heteroatoms. The van der Waals surface area contributed by atoms with Gasteiger partial charge in [0.15, 0.2) is 5.96 Å². The predicted molar refractivity (Wildman–Crippen MR) is 103 cm³/mol. The highest BCUT2D eigenvalue weighted by molar-refractivity contribution is 14.0. The van der Waals surface area contributed by atoms with Gasteiger partial charge < -0.3 is 10.6 Å². The Balaban J connectivity index is 0.00000441. The standard InChI is InChI=1S/C14H30N4O2S.HI/c1-12(2)5-8-16-14(15-3)17-11-13-6-9-18(10-7-13)21(4,19)20;/h12-13H,5-11H2,1-4H3,(H2,15,16,17);1H. The zero-order valence-corrected chi connectivity index (χ0v) is 17.3. The van der Waals surface area contributed by atoms with Crippen molar-refractivity contribution >= 4 is 40.0 Å². The molecule has 1 saturated heterocycles. The molecule has 0 amide bonds. The van der Waals surface area contributed by atoms with Gasteiger partial charge in [-0.15, -0.1) is 24.0 Å². The highest BCUT2D eigenvalue weighted by Crippen LogP contribution is 2.18. The van der Waals surface area contributed by atoms with Crippen molar-refractivity contribution < 1.29 is 8.42 Å². The Morgan fingerprint density at radius 2 is 1.86 bits per heavy atom. The van der Waals surface area contributed by atoms with Crippen LogP contribution in [0, 0.1) is 11.8 Å². The molecule has 0 aliphatic carbocycles. The minimum atomic E-state index is -3.03. The second-order valence-corrected chi connectivity index (χ2v) is 8.15. The fourth-order valence-electron chi connectivity index (χ4n) is 2.39. The molecule has 1 aliphatic heterocycles. The molecule has 0 aromatic rings. The largest absolute Gasteiger partial charge is 0.356 e. The zero-order chi connectivity index (χ0) is 15.9. The molecule has 0 atom stereocenters. The van der Waals surface area contributed by atoms with E-state index in [1.165, 1.54) is 6.26 Å². The summed E-state index contributed by atoms with van der Waals surface area (Å²) >= 11 is 0. The number of piperidine rings is 1. The van der Waals surface area contributed by atoms with Gasteiger partial charge >= 0.3 is 0 Å². The quantitative estimate of drug-likeness (QED) is 0.369. The Hall–Kier alpha value is -0.0900. The Morgan fingerprint density at radius 1 is 1.27 bits per heavy atom. The molecule has 132 valence electrons. The maximum absolute atomic E-state index is 11.5. The van der Waals surface area contributed by atoms with Crippen LogP contribution < -0.4 is 10.6 Å². The van der Waals surface area contributed by atoms with E-state index < -0.39 is 10.0 Å². The molecule has 0 spiro atoms. The first kappa shape index (κ1) is 21.9. The summed E-state index contributed by atoms with van der Waals surface area (Å²) in [4.78, 5) is 4.21. The molecule has 0 radical (unpaired) electrons. The van der Waals surface area contributed by atoms with Crippen molar-refractivity contribution in [1.29, 1.82) is 0 Å². The van der Waals surface area contributed by atoms with Crippen LogP contribution in [-0.4, -0.2) is 58.2 Å². The van der Waals surface area contributed by atoms with Crippen molar-refractivity contribution in [2.75, 3.05) is 39.5 Å². The smallest absolute Gasteiger partial charge is 0.211 e. The second kappa shape index (κ2) is 10.6. The van der Waals surface area contributed by atoms with Gasteiger partial charge in [0, 0.05) is 33.2 Å². The average Bonchev–Trinajstić information content (AvgIpc) is 2.41. The van der Waals surface area contributed by atoms with Crippen molar-refractivity contribution in [2.24, 2.45) is 16.8 Å². The lowest BCUT2D eigenvalue weighted by atomic mass is 9.98. The SMILES string of the molecule is CN=C(NCCC(C)C)NCC1CCN(S(C)(=O)=O)CC1.I. The van der Waals surface area contributed by atoms with Gasteiger partial charge in [-0.3, -0.25) is 4.99 Å². The average molecular weight is 446 g/mol. The third kappa shape index (κ3) is 8.52. The molecule has 1 rings (SSSR count). The van der Waals surface area contributed by atoms with Crippen LogP contribution in [0.5, 0.6) is 0 Å². The van der Waals surface area contributed by atoms with Crippen LogP contribution in [0.25, 0.3) is 0 Å². The molecule has 1 fully saturated rings. The lowest BCUT2D eigenvalue weighted by Gasteiger charge is -2.30. The van der Waals surface area contributed by atoms with Crippen LogP contribution in [0.15, 0.2) is 4.99 Å². The highest BCUT2D eigenvalue weighted by atomic mass is 127. The molecule has 22 heavy (non-hydrogen) atoms. The Labute approximate surface area is 152 Å². The number of sulfonamides is 1. The van der Waals surface area contributed by atoms with Crippen LogP contribution in [0.2, 0.25) is 0 Å². The molecule has 0 saturated carbocycles. The molecule has 0 unspecified atom stereocenters. The van der Waals surface area contributed by atoms with Gasteiger partial charge in [0.25, 0.3) is 0 Å². The minimum Gasteiger partial charge on any atom is -0.356 e. The normalized spacial score (nSPS) is 18.1. The van der Waals surface area contributed by atoms with Crippen LogP contribution in [0.4, 0.5) is 0 Å². The molecule has 1 aliphatic rings. The summed E-state index contributed by atoms with van der Waals surface area (Å²) in [7, 11) is -1.25. The van der Waals surface area contributed by atoms with E-state index in [0.29, 0.717) is 24.9 Å². The Morgan fingerprint density at radius 3 is 2.32 bits per heavy atom. The third-order valence-corrected chi connectivity index (χ3v) is 5.14. The van der Waals surface area contributed by atoms with Gasteiger partial charge in [0.05, 0.1) is 6.26 Å². The van der Waals surface area contributed by atoms with E-state index in [4.69, 9.17) is 0 Å². The summed E-state index contributed by atoms with van der Waals surface area (Å²) in [5.41, 5.74) is 0. The van der Waals surface area contributed by atoms with E-state index in [2.05, 4.69) is 29.5 Å². The summed E-state index contributed by atoms with van der Waals surface area (Å²) in [6.45, 7) is 7.43. The number of nitrogens with one attached hydrogen (secondary N) is 2. The fourth-order valence-corrected chi connectivity index (χ4v) is 3.26. The van der Waals surface area contributed by atoms with Crippen LogP contribution in [0.3, 0.4) is 0 Å². The van der Waals surface area contributed by atoms with E-state index in [0.717, 1.165) is 38.3 Å². The molecule has 2 N–H and O–H groups in total. The molecular weight excluding hydrogens is 415 g/mol. The molecule has 0 aromatic heterocycles. The van der Waals surface area contributed by atoms with Gasteiger partial charge in [0.1, 0.15) is 0 Å². The van der Waals surface area contributed by atoms with Gasteiger partial charge in [0.2, 0.25) is 10.0 Å². The molecule has 0 aromatic carbocycles. The zero-order valence-electron chi connectivity index (χ0n) is 14.1. The van der Waals surface area contributed by atoms with Crippen molar-refractivity contribution in [1.82, 2.24) is 14.9 Å². The number of aliphatic imine (C=N–C) groups is 1. The van der Waals surface area contributed by atoms with Crippen molar-refractivity contribution in [3.8, 4) is 0 Å². The summed E-state index contributed by atoms with van der Waals surface area (Å²) in [6.07, 6.45) is 4.21. The first-order valence-electron chi connectivity index (χ1n) is 7.72. The molecule has 0 bridgehead atoms. The minimum absolute atomic E-state index is 0. The maximum Gasteiger partial charge on any atom is 0.211 e. The van der Waals surface area contributed by atoms with E-state index in [-0.39, 0.29) is 24.0 Å². The van der Waals surface area contributed by atoms with Crippen molar-refractivity contribution in [3.05, 3.63) is 0 Å². The summed E-state index contributed by atoms with van der Waals surface area (Å²) in [5, 5.41) is 6.64. The lowest BCUT2D eigenvalue weighted by Crippen LogP contribution is -2.44. The lowest BCUT2D eigenvalue weighted by molar-refractivity contribution is 0.275. The van der Waals surface area contributed by atoms with E-state index in [1.54, 1.807) is 11.4 Å². The summed E-state index contributed by atoms with van der Waals surface area (Å²) in [6, 6.07) is 0. The van der Waals surface area contributed by atoms with Gasteiger partial charge in [-0.2, -0.15) is 0 Å². The number of hydrogen-bond donors (Lipinski definition) is 2. The second-order valence-electron chi connectivity index (χ2n) is 6.17. The van der Waals surface area contributed by atoms with Crippen molar-refractivity contribution in [2.45, 2.75) is 33.1 Å². The van der Waals surface area contributed by atoms with E-state index in [9.17, 15) is 8.42 Å².